The zero-order valence-electron chi connectivity index (χ0n) is 16.3. The largest absolute Gasteiger partial charge is 0.495 e. The summed E-state index contributed by atoms with van der Waals surface area (Å²) in [6.45, 7) is 1.86. The molecule has 1 aliphatic rings. The Morgan fingerprint density at radius 2 is 2.04 bits per heavy atom. The van der Waals surface area contributed by atoms with Crippen LogP contribution in [0, 0.1) is 17.8 Å². The lowest BCUT2D eigenvalue weighted by atomic mass is 9.81. The van der Waals surface area contributed by atoms with Crippen LogP contribution in [0.3, 0.4) is 0 Å². The van der Waals surface area contributed by atoms with Gasteiger partial charge in [0.2, 0.25) is 0 Å². The molecule has 0 amide bonds. The van der Waals surface area contributed by atoms with Crippen LogP contribution in [0.2, 0.25) is 0 Å². The summed E-state index contributed by atoms with van der Waals surface area (Å²) >= 11 is 0. The summed E-state index contributed by atoms with van der Waals surface area (Å²) in [5.74, 6) is -0.863. The van der Waals surface area contributed by atoms with Crippen LogP contribution in [-0.4, -0.2) is 35.8 Å². The Morgan fingerprint density at radius 3 is 2.57 bits per heavy atom. The highest BCUT2D eigenvalue weighted by Gasteiger charge is 2.40. The van der Waals surface area contributed by atoms with Gasteiger partial charge in [-0.25, -0.2) is 4.98 Å². The van der Waals surface area contributed by atoms with Crippen LogP contribution in [0.4, 0.5) is 13.2 Å². The molecule has 1 atom stereocenters. The van der Waals surface area contributed by atoms with Gasteiger partial charge in [0.1, 0.15) is 11.4 Å². The average molecular weight is 399 g/mol. The fourth-order valence-electron chi connectivity index (χ4n) is 3.50. The Labute approximate surface area is 163 Å². The number of Topliss-reactive ketones (excluding diaryl/α,β-unsaturated/α-hetero) is 1. The number of allylic oxidation sites excluding steroid dienone is 1. The van der Waals surface area contributed by atoms with Gasteiger partial charge in [-0.15, -0.1) is 0 Å². The zero-order chi connectivity index (χ0) is 20.7. The van der Waals surface area contributed by atoms with E-state index in [0.29, 0.717) is 36.3 Å². The van der Waals surface area contributed by atoms with Gasteiger partial charge in [-0.2, -0.15) is 13.2 Å². The third-order valence-electron chi connectivity index (χ3n) is 5.50. The first-order valence-electron chi connectivity index (χ1n) is 9.71. The first-order valence-corrected chi connectivity index (χ1v) is 9.71. The third-order valence-corrected chi connectivity index (χ3v) is 5.50. The number of halogens is 3. The molecule has 1 N–H and O–H groups in total. The molecule has 1 fully saturated rings. The number of carbonyl (C=O) groups excluding carboxylic acids is 1. The summed E-state index contributed by atoms with van der Waals surface area (Å²) in [7, 11) is 1.50. The number of hydrogen-bond acceptors (Lipinski definition) is 4. The molecular formula is C21H28F3NO3. The topological polar surface area (TPSA) is 59.4 Å². The summed E-state index contributed by atoms with van der Waals surface area (Å²) in [5.41, 5.74) is 0.976. The lowest BCUT2D eigenvalue weighted by Crippen LogP contribution is -2.27. The van der Waals surface area contributed by atoms with Crippen molar-refractivity contribution in [1.29, 1.82) is 0 Å². The molecule has 0 aliphatic heterocycles. The predicted molar refractivity (Wildman–Crippen MR) is 101 cm³/mol. The molecule has 2 rings (SSSR count). The van der Waals surface area contributed by atoms with Crippen molar-refractivity contribution in [1.82, 2.24) is 4.98 Å². The Morgan fingerprint density at radius 1 is 1.36 bits per heavy atom. The maximum Gasteiger partial charge on any atom is 0.391 e. The molecule has 7 heteroatoms. The Balaban J connectivity index is 2.08. The van der Waals surface area contributed by atoms with Gasteiger partial charge in [-0.3, -0.25) is 4.79 Å². The van der Waals surface area contributed by atoms with Crippen LogP contribution in [0.1, 0.15) is 61.5 Å². The van der Waals surface area contributed by atoms with E-state index in [-0.39, 0.29) is 43.5 Å². The minimum atomic E-state index is -4.11. The number of pyridine rings is 1. The molecule has 0 saturated heterocycles. The average Bonchev–Trinajstić information content (AvgIpc) is 2.69. The zero-order valence-corrected chi connectivity index (χ0v) is 16.3. The van der Waals surface area contributed by atoms with Crippen molar-refractivity contribution >= 4 is 11.9 Å². The van der Waals surface area contributed by atoms with Crippen molar-refractivity contribution in [2.45, 2.75) is 51.6 Å². The Kier molecular flexibility index (Phi) is 8.04. The summed E-state index contributed by atoms with van der Waals surface area (Å²) in [5, 5.41) is 9.28. The van der Waals surface area contributed by atoms with Crippen molar-refractivity contribution in [2.75, 3.05) is 13.7 Å². The molecule has 1 aromatic heterocycles. The molecule has 1 heterocycles. The molecule has 1 aliphatic carbocycles. The predicted octanol–water partition coefficient (Wildman–Crippen LogP) is 5.06. The van der Waals surface area contributed by atoms with Gasteiger partial charge < -0.3 is 9.84 Å². The molecule has 1 saturated carbocycles. The van der Waals surface area contributed by atoms with Crippen LogP contribution < -0.4 is 4.74 Å². The molecule has 0 spiro atoms. The summed E-state index contributed by atoms with van der Waals surface area (Å²) in [6.07, 6.45) is 3.29. The van der Waals surface area contributed by atoms with Gasteiger partial charge >= 0.3 is 6.18 Å². The second kappa shape index (κ2) is 10.0. The van der Waals surface area contributed by atoms with Gasteiger partial charge in [-0.05, 0) is 43.6 Å². The third kappa shape index (κ3) is 6.06. The summed E-state index contributed by atoms with van der Waals surface area (Å²) < 4.78 is 43.7. The molecule has 0 aromatic carbocycles. The molecular weight excluding hydrogens is 371 g/mol. The van der Waals surface area contributed by atoms with Crippen molar-refractivity contribution in [2.24, 2.45) is 17.8 Å². The van der Waals surface area contributed by atoms with Crippen molar-refractivity contribution < 1.29 is 27.8 Å². The first kappa shape index (κ1) is 22.4. The molecule has 156 valence electrons. The fraction of sp³-hybridized carbons (Fsp3) is 0.619. The number of alkyl halides is 3. The molecule has 4 nitrogen and oxygen atoms in total. The summed E-state index contributed by atoms with van der Waals surface area (Å²) in [6, 6.07) is 1.64. The maximum atomic E-state index is 12.8. The highest BCUT2D eigenvalue weighted by atomic mass is 19.4. The van der Waals surface area contributed by atoms with Crippen LogP contribution >= 0.6 is 0 Å². The molecule has 1 aromatic rings. The molecule has 1 unspecified atom stereocenters. The number of ketones is 1. The van der Waals surface area contributed by atoms with Crippen LogP contribution in [0.5, 0.6) is 5.75 Å². The van der Waals surface area contributed by atoms with E-state index in [1.807, 2.05) is 13.0 Å². The SMILES string of the molecule is CCC(CO)CC(=O)c1cc(/C=C/C2CCC(C(F)(F)F)CC2)c(OC)cn1. The maximum absolute atomic E-state index is 12.8. The van der Waals surface area contributed by atoms with E-state index in [2.05, 4.69) is 4.98 Å². The van der Waals surface area contributed by atoms with Crippen LogP contribution in [0.25, 0.3) is 6.08 Å². The van der Waals surface area contributed by atoms with Gasteiger partial charge in [-0.1, -0.05) is 25.5 Å². The number of methoxy groups -OCH3 is 1. The smallest absolute Gasteiger partial charge is 0.391 e. The van der Waals surface area contributed by atoms with E-state index in [9.17, 15) is 23.1 Å². The lowest BCUT2D eigenvalue weighted by Gasteiger charge is -2.28. The monoisotopic (exact) mass is 399 g/mol. The van der Waals surface area contributed by atoms with E-state index >= 15 is 0 Å². The highest BCUT2D eigenvalue weighted by molar-refractivity contribution is 5.95. The Hall–Kier alpha value is -1.89. The number of aromatic nitrogens is 1. The standard InChI is InChI=1S/C21H28F3NO3/c1-3-14(13-26)10-19(27)18-11-16(20(28-2)12-25-18)7-4-15-5-8-17(9-6-15)21(22,23)24/h4,7,11-12,14-15,17,26H,3,5-6,8-10,13H2,1-2H3/b7-4+. The number of aliphatic hydroxyl groups is 1. The number of rotatable bonds is 8. The highest BCUT2D eigenvalue weighted by Crippen LogP contribution is 2.40. The summed E-state index contributed by atoms with van der Waals surface area (Å²) in [4.78, 5) is 16.6. The van der Waals surface area contributed by atoms with Crippen LogP contribution in [-0.2, 0) is 0 Å². The number of carbonyl (C=O) groups is 1. The molecule has 0 radical (unpaired) electrons. The minimum absolute atomic E-state index is 0.0498. The van der Waals surface area contributed by atoms with Crippen molar-refractivity contribution in [3.8, 4) is 5.75 Å². The van der Waals surface area contributed by atoms with Gasteiger partial charge in [0, 0.05) is 18.6 Å². The van der Waals surface area contributed by atoms with Gasteiger partial charge in [0.15, 0.2) is 5.78 Å². The number of nitrogens with zero attached hydrogens (tertiary/aromatic N) is 1. The number of aliphatic hydroxyl groups excluding tert-OH is 1. The van der Waals surface area contributed by atoms with E-state index in [1.165, 1.54) is 13.3 Å². The van der Waals surface area contributed by atoms with Gasteiger partial charge in [0.05, 0.1) is 19.2 Å². The van der Waals surface area contributed by atoms with Gasteiger partial charge in [0.25, 0.3) is 0 Å². The molecule has 28 heavy (non-hydrogen) atoms. The lowest BCUT2D eigenvalue weighted by molar-refractivity contribution is -0.183. The van der Waals surface area contributed by atoms with Crippen molar-refractivity contribution in [3.63, 3.8) is 0 Å². The Bertz CT molecular complexity index is 676. The van der Waals surface area contributed by atoms with Crippen LogP contribution in [0.15, 0.2) is 18.3 Å². The van der Waals surface area contributed by atoms with E-state index in [1.54, 1.807) is 12.1 Å². The normalized spacial score (nSPS) is 21.6. The first-order chi connectivity index (χ1) is 13.3. The van der Waals surface area contributed by atoms with E-state index in [4.69, 9.17) is 4.74 Å². The minimum Gasteiger partial charge on any atom is -0.495 e. The second-order valence-corrected chi connectivity index (χ2v) is 7.41. The second-order valence-electron chi connectivity index (χ2n) is 7.41. The number of ether oxygens (including phenoxy) is 1. The fourth-order valence-corrected chi connectivity index (χ4v) is 3.50. The van der Waals surface area contributed by atoms with E-state index in [0.717, 1.165) is 0 Å². The van der Waals surface area contributed by atoms with E-state index < -0.39 is 12.1 Å². The van der Waals surface area contributed by atoms with Crippen molar-refractivity contribution in [3.05, 3.63) is 29.6 Å². The molecule has 0 bridgehead atoms. The quantitative estimate of drug-likeness (QED) is 0.621. The number of hydrogen-bond donors (Lipinski definition) is 1.